The minimum absolute atomic E-state index is 0.0630. The lowest BCUT2D eigenvalue weighted by Crippen LogP contribution is -2.61. The van der Waals surface area contributed by atoms with Crippen molar-refractivity contribution < 1.29 is 9.59 Å². The van der Waals surface area contributed by atoms with Gasteiger partial charge in [0.05, 0.1) is 5.69 Å². The van der Waals surface area contributed by atoms with Crippen LogP contribution in [0.1, 0.15) is 37.0 Å². The van der Waals surface area contributed by atoms with E-state index in [0.29, 0.717) is 18.7 Å². The topological polar surface area (TPSA) is 99.3 Å². The van der Waals surface area contributed by atoms with E-state index in [0.717, 1.165) is 69.3 Å². The number of hydrogen-bond acceptors (Lipinski definition) is 8. The van der Waals surface area contributed by atoms with Crippen LogP contribution in [-0.4, -0.2) is 122 Å². The van der Waals surface area contributed by atoms with E-state index in [1.807, 2.05) is 59.1 Å². The van der Waals surface area contributed by atoms with E-state index >= 15 is 0 Å². The van der Waals surface area contributed by atoms with E-state index in [4.69, 9.17) is 0 Å². The van der Waals surface area contributed by atoms with E-state index in [1.165, 1.54) is 0 Å². The van der Waals surface area contributed by atoms with Gasteiger partial charge in [-0.25, -0.2) is 9.78 Å². The number of hydrogen-bond donors (Lipinski definition) is 3. The predicted molar refractivity (Wildman–Crippen MR) is 168 cm³/mol. The molecule has 3 aliphatic heterocycles. The average molecular weight is 578 g/mol. The van der Waals surface area contributed by atoms with Crippen LogP contribution in [0, 0.1) is 5.41 Å². The van der Waals surface area contributed by atoms with Crippen LogP contribution in [-0.2, 0) is 0 Å². The molecule has 4 heterocycles. The van der Waals surface area contributed by atoms with Crippen molar-refractivity contribution in [1.29, 1.82) is 0 Å². The van der Waals surface area contributed by atoms with Gasteiger partial charge in [0.1, 0.15) is 0 Å². The summed E-state index contributed by atoms with van der Waals surface area (Å²) in [4.78, 5) is 41.0. The quantitative estimate of drug-likeness (QED) is 0.412. The molecule has 0 saturated carbocycles. The van der Waals surface area contributed by atoms with Crippen LogP contribution in [0.25, 0.3) is 0 Å². The molecule has 11 nitrogen and oxygen atoms in total. The zero-order valence-electron chi connectivity index (χ0n) is 25.8. The maximum Gasteiger partial charge on any atom is 0.320 e. The number of nitrogens with zero attached hydrogens (tertiary/aromatic N) is 6. The van der Waals surface area contributed by atoms with Crippen LogP contribution < -0.4 is 20.9 Å². The number of carbonyl (C=O) groups is 2. The highest BCUT2D eigenvalue weighted by Crippen LogP contribution is 2.30. The molecule has 3 saturated heterocycles. The molecule has 11 heteroatoms. The highest BCUT2D eigenvalue weighted by molar-refractivity contribution is 5.94. The third kappa shape index (κ3) is 6.90. The van der Waals surface area contributed by atoms with Gasteiger partial charge in [0.15, 0.2) is 12.1 Å². The van der Waals surface area contributed by atoms with Gasteiger partial charge in [-0.05, 0) is 76.4 Å². The second-order valence-corrected chi connectivity index (χ2v) is 12.7. The summed E-state index contributed by atoms with van der Waals surface area (Å²) in [6.07, 6.45) is 3.51. The first kappa shape index (κ1) is 29.9. The molecule has 0 aliphatic carbocycles. The van der Waals surface area contributed by atoms with Crippen LogP contribution in [0.3, 0.4) is 0 Å². The second kappa shape index (κ2) is 12.7. The van der Waals surface area contributed by atoms with Crippen LogP contribution in [0.15, 0.2) is 42.6 Å². The molecule has 3 fully saturated rings. The summed E-state index contributed by atoms with van der Waals surface area (Å²) >= 11 is 0. The first-order chi connectivity index (χ1) is 20.1. The maximum absolute atomic E-state index is 13.1. The Morgan fingerprint density at radius 3 is 2.24 bits per heavy atom. The number of anilines is 3. The molecular weight excluding hydrogens is 530 g/mol. The summed E-state index contributed by atoms with van der Waals surface area (Å²) in [6, 6.07) is 12.1. The first-order valence-electron chi connectivity index (χ1n) is 15.1. The third-order valence-corrected chi connectivity index (χ3v) is 8.75. The third-order valence-electron chi connectivity index (χ3n) is 8.75. The van der Waals surface area contributed by atoms with Gasteiger partial charge in [-0.1, -0.05) is 13.8 Å². The molecule has 1 atom stereocenters. The number of carbonyl (C=O) groups excluding carboxylic acids is 2. The highest BCUT2D eigenvalue weighted by Gasteiger charge is 2.39. The van der Waals surface area contributed by atoms with E-state index in [2.05, 4.69) is 57.7 Å². The molecule has 228 valence electrons. The number of urea groups is 1. The number of piperidine rings is 1. The molecule has 1 aromatic carbocycles. The summed E-state index contributed by atoms with van der Waals surface area (Å²) in [5.41, 5.74) is 2.82. The van der Waals surface area contributed by atoms with Gasteiger partial charge in [-0.2, -0.15) is 0 Å². The fraction of sp³-hybridized carbons (Fsp3) is 0.581. The van der Waals surface area contributed by atoms with Gasteiger partial charge >= 0.3 is 6.03 Å². The van der Waals surface area contributed by atoms with E-state index in [9.17, 15) is 9.59 Å². The summed E-state index contributed by atoms with van der Waals surface area (Å²) in [6.45, 7) is 11.0. The van der Waals surface area contributed by atoms with Gasteiger partial charge in [-0.15, -0.1) is 0 Å². The number of aromatic nitrogens is 1. The lowest BCUT2D eigenvalue weighted by Gasteiger charge is -2.48. The van der Waals surface area contributed by atoms with Crippen molar-refractivity contribution >= 4 is 29.1 Å². The number of benzene rings is 1. The zero-order valence-corrected chi connectivity index (χ0v) is 25.8. The molecule has 3 amide bonds. The molecule has 0 spiro atoms. The number of likely N-dealkylation sites (tertiary alicyclic amines) is 2. The summed E-state index contributed by atoms with van der Waals surface area (Å²) in [5, 5.41) is 10.2. The molecule has 2 aromatic rings. The Bertz CT molecular complexity index is 1210. The fourth-order valence-electron chi connectivity index (χ4n) is 6.17. The smallest absolute Gasteiger partial charge is 0.320 e. The summed E-state index contributed by atoms with van der Waals surface area (Å²) in [5.74, 6) is 0.827. The molecule has 5 rings (SSSR count). The standard InChI is InChI=1S/C31H47N9O2/c1-31(2)21-40(22-31)30(42)39-19-17-38(18-20-39)26-7-6-14-33-27(26)35-29(32-3)34-24-10-8-23(9-11-24)28(41)37(5)25-12-15-36(4)16-13-25/h6-11,14,25,29,32,34H,12-13,15-22H2,1-5H3,(H,33,35). The van der Waals surface area contributed by atoms with Gasteiger partial charge in [0, 0.05) is 75.2 Å². The molecule has 0 radical (unpaired) electrons. The molecular formula is C31H47N9O2. The maximum atomic E-state index is 13.1. The molecule has 3 aliphatic rings. The van der Waals surface area contributed by atoms with Gasteiger partial charge < -0.3 is 35.1 Å². The minimum atomic E-state index is -0.292. The Morgan fingerprint density at radius 1 is 0.952 bits per heavy atom. The SMILES string of the molecule is CNC(Nc1ccc(C(=O)N(C)C2CCN(C)CC2)cc1)Nc1ncccc1N1CCN(C(=O)N2CC(C)(C)C2)CC1. The van der Waals surface area contributed by atoms with Crippen LogP contribution in [0.2, 0.25) is 0 Å². The van der Waals surface area contributed by atoms with Crippen molar-refractivity contribution in [1.82, 2.24) is 29.9 Å². The predicted octanol–water partition coefficient (Wildman–Crippen LogP) is 2.86. The summed E-state index contributed by atoms with van der Waals surface area (Å²) in [7, 11) is 5.93. The highest BCUT2D eigenvalue weighted by atomic mass is 16.2. The molecule has 1 aromatic heterocycles. The monoisotopic (exact) mass is 577 g/mol. The summed E-state index contributed by atoms with van der Waals surface area (Å²) < 4.78 is 0. The number of pyridine rings is 1. The number of amides is 3. The number of rotatable bonds is 8. The minimum Gasteiger partial charge on any atom is -0.365 e. The Labute approximate surface area is 250 Å². The molecule has 0 bridgehead atoms. The second-order valence-electron chi connectivity index (χ2n) is 12.7. The molecule has 3 N–H and O–H groups in total. The lowest BCUT2D eigenvalue weighted by molar-refractivity contribution is 0.0416. The fourth-order valence-corrected chi connectivity index (χ4v) is 6.17. The van der Waals surface area contributed by atoms with Crippen LogP contribution in [0.5, 0.6) is 0 Å². The lowest BCUT2D eigenvalue weighted by atomic mass is 9.85. The van der Waals surface area contributed by atoms with Crippen molar-refractivity contribution in [2.24, 2.45) is 5.41 Å². The normalized spacial score (nSPS) is 20.1. The molecule has 42 heavy (non-hydrogen) atoms. The van der Waals surface area contributed by atoms with Crippen molar-refractivity contribution in [3.8, 4) is 0 Å². The van der Waals surface area contributed by atoms with Crippen molar-refractivity contribution in [2.45, 2.75) is 39.0 Å². The van der Waals surface area contributed by atoms with Crippen LogP contribution in [0.4, 0.5) is 22.0 Å². The van der Waals surface area contributed by atoms with Crippen molar-refractivity contribution in [3.63, 3.8) is 0 Å². The van der Waals surface area contributed by atoms with Crippen LogP contribution >= 0.6 is 0 Å². The van der Waals surface area contributed by atoms with Gasteiger partial charge in [0.2, 0.25) is 0 Å². The Kier molecular flexibility index (Phi) is 9.08. The number of piperazine rings is 1. The van der Waals surface area contributed by atoms with E-state index in [1.54, 1.807) is 6.20 Å². The Balaban J connectivity index is 1.16. The van der Waals surface area contributed by atoms with Gasteiger partial charge in [0.25, 0.3) is 5.91 Å². The average Bonchev–Trinajstić information content (AvgIpc) is 2.99. The van der Waals surface area contributed by atoms with Crippen molar-refractivity contribution in [3.05, 3.63) is 48.2 Å². The Hall–Kier alpha value is -3.57. The first-order valence-corrected chi connectivity index (χ1v) is 15.1. The van der Waals surface area contributed by atoms with Crippen molar-refractivity contribution in [2.75, 3.05) is 89.0 Å². The Morgan fingerprint density at radius 2 is 1.62 bits per heavy atom. The largest absolute Gasteiger partial charge is 0.365 e. The van der Waals surface area contributed by atoms with Gasteiger partial charge in [-0.3, -0.25) is 10.1 Å². The molecule has 1 unspecified atom stereocenters. The number of nitrogens with one attached hydrogen (secondary N) is 3. The zero-order chi connectivity index (χ0) is 29.9. The van der Waals surface area contributed by atoms with E-state index in [-0.39, 0.29) is 29.7 Å². The van der Waals surface area contributed by atoms with E-state index < -0.39 is 0 Å².